The molecular formula is C97H116N14O38. The van der Waals surface area contributed by atoms with E-state index in [0.29, 0.717) is 22.3 Å². The summed E-state index contributed by atoms with van der Waals surface area (Å²) in [7, 11) is 2.35. The van der Waals surface area contributed by atoms with Gasteiger partial charge in [-0.2, -0.15) is 0 Å². The van der Waals surface area contributed by atoms with Crippen molar-refractivity contribution in [2.75, 3.05) is 20.8 Å². The Labute approximate surface area is 849 Å². The Hall–Kier alpha value is -18.2. The number of nitrogens with one attached hydrogen (secondary N) is 8. The normalized spacial score (nSPS) is 12.6. The number of carboxylic acids is 1. The molecule has 8 aromatic carbocycles. The quantitative estimate of drug-likeness (QED) is 0.00736. The lowest BCUT2D eigenvalue weighted by molar-refractivity contribution is -0.386. The first-order chi connectivity index (χ1) is 69.3. The zero-order chi connectivity index (χ0) is 112. The number of carbonyl (C=O) groups excluding carboxylic acids is 11. The van der Waals surface area contributed by atoms with Crippen molar-refractivity contribution in [1.29, 1.82) is 0 Å². The number of amides is 8. The van der Waals surface area contributed by atoms with Gasteiger partial charge in [-0.25, -0.2) is 38.4 Å². The van der Waals surface area contributed by atoms with Gasteiger partial charge in [0.2, 0.25) is 23.6 Å². The van der Waals surface area contributed by atoms with Gasteiger partial charge in [0.25, 0.3) is 5.69 Å². The van der Waals surface area contributed by atoms with Gasteiger partial charge in [-0.1, -0.05) is 84.9 Å². The summed E-state index contributed by atoms with van der Waals surface area (Å²) in [5.41, 5.74) is -3.49. The molecule has 8 rings (SSSR count). The molecule has 52 heteroatoms. The molecule has 0 bridgehead atoms. The van der Waals surface area contributed by atoms with Crippen LogP contribution in [0.5, 0.6) is 34.5 Å². The smallest absolute Gasteiger partial charge is 0.408 e. The standard InChI is InChI=1S/C26H32N4O10.C24H29N3O9.C24H29N3O8.C23H26N4O11/c1-6-39-24(33)19(12-16-8-7-15(2)20(13-16)29(35)36)27-23(32)18(28-25(34)40-26(3,4)5)11-17-9-10-22(31)21(14-17)30(37)38;1-24(2,3)36-23(32)26-17(12-15-7-10-20(29)19(13-15)27(33)34)21(30)25-18(22(31)35-4)11-14-5-8-16(28)9-6-14;1-24(2,3)35-23(31)26-17(13-16-10-11-20(28)19(14-16)27(32)33)21(29)25-18(22(30)34-4)12-15-8-6-5-7-9-15;1-23(2,3)38-22(33)25-14(8-12-4-6-18(28)16(10-12)26(34)35)20(30)24-15(21(31)32)9-13-5-7-19(29)17(11-13)27(36)37/h7-10,13-14,18-19,31H,6,11-12H2,1-5H3,(H,27,32)(H,28,34);5-10,13,17-18,28-29H,11-12H2,1-4H3,(H,25,30)(H,26,32);5-11,14,17-18,28H,12-13H2,1-4H3,(H,25,29)(H,26,31);4-7,10-11,14-15,28-29H,8-9H2,1-3H3,(H,24,30)(H,25,33)(H,31,32)/t18-,19-;2*17-,18-;14-,15-/m0000/s1. The van der Waals surface area contributed by atoms with E-state index < -0.39 is 236 Å². The highest BCUT2D eigenvalue weighted by Gasteiger charge is 2.38. The number of benzene rings is 8. The van der Waals surface area contributed by atoms with Crippen molar-refractivity contribution in [3.63, 3.8) is 0 Å². The van der Waals surface area contributed by atoms with Crippen molar-refractivity contribution >= 4 is 106 Å². The van der Waals surface area contributed by atoms with E-state index in [1.807, 2.05) is 6.07 Å². The van der Waals surface area contributed by atoms with Crippen LogP contribution in [0.25, 0.3) is 0 Å². The Morgan fingerprint density at radius 2 is 0.503 bits per heavy atom. The molecule has 0 spiro atoms. The molecule has 0 aliphatic carbocycles. The molecular weight excluding hydrogens is 1970 g/mol. The van der Waals surface area contributed by atoms with Gasteiger partial charge in [0.15, 0.2) is 28.7 Å². The van der Waals surface area contributed by atoms with Crippen molar-refractivity contribution in [3.8, 4) is 34.5 Å². The summed E-state index contributed by atoms with van der Waals surface area (Å²) in [6.45, 7) is 22.5. The number of nitro benzene ring substituents is 6. The molecule has 0 heterocycles. The molecule has 0 saturated carbocycles. The number of ether oxygens (including phenoxy) is 7. The number of phenolic OH excluding ortho intramolecular Hbond substituents is 6. The summed E-state index contributed by atoms with van der Waals surface area (Å²) in [6, 6.07) is 26.1. The number of methoxy groups -OCH3 is 2. The summed E-state index contributed by atoms with van der Waals surface area (Å²) in [4.78, 5) is 215. The molecule has 8 amide bonds. The van der Waals surface area contributed by atoms with E-state index in [1.165, 1.54) is 61.7 Å². The molecule has 802 valence electrons. The number of rotatable bonds is 39. The van der Waals surface area contributed by atoms with E-state index in [-0.39, 0.29) is 85.2 Å². The minimum Gasteiger partial charge on any atom is -0.508 e. The third-order valence-electron chi connectivity index (χ3n) is 20.1. The number of carboxylic acid groups (broad SMARTS) is 1. The highest BCUT2D eigenvalue weighted by Crippen LogP contribution is 2.34. The fourth-order valence-electron chi connectivity index (χ4n) is 13.4. The summed E-state index contributed by atoms with van der Waals surface area (Å²) < 4.78 is 35.5. The van der Waals surface area contributed by atoms with Crippen LogP contribution in [0.3, 0.4) is 0 Å². The van der Waals surface area contributed by atoms with Gasteiger partial charge in [0.05, 0.1) is 50.4 Å². The minimum atomic E-state index is -1.61. The van der Waals surface area contributed by atoms with Gasteiger partial charge >= 0.3 is 76.7 Å². The molecule has 8 aromatic rings. The van der Waals surface area contributed by atoms with Gasteiger partial charge in [-0.3, -0.25) is 79.9 Å². The SMILES string of the molecule is CC(C)(C)OC(=O)N[C@@H](Cc1ccc(O)c([N+](=O)[O-])c1)C(=O)N[C@@H](Cc1ccc(O)c([N+](=O)[O-])c1)C(=O)O.CCOC(=O)[C@H](Cc1ccc(C)c([N+](=O)[O-])c1)NC(=O)[C@H](Cc1ccc(O)c([N+](=O)[O-])c1)NC(=O)OC(C)(C)C.COC(=O)[C@H](Cc1ccc(O)cc1)NC(=O)[C@H](Cc1ccc(O)c([N+](=O)[O-])c1)NC(=O)OC(C)(C)C.COC(=O)[C@H](Cc1ccccc1)NC(=O)[C@H](Cc1ccc(O)c([N+](=O)[O-])c1)NC(=O)OC(C)(C)C. The Morgan fingerprint density at radius 3 is 0.745 bits per heavy atom. The lowest BCUT2D eigenvalue weighted by Crippen LogP contribution is -2.54. The fourth-order valence-corrected chi connectivity index (χ4v) is 13.4. The fraction of sp³-hybridized carbons (Fsp3) is 0.381. The second-order valence-corrected chi connectivity index (χ2v) is 36.7. The monoisotopic (exact) mass is 2080 g/mol. The van der Waals surface area contributed by atoms with Gasteiger partial charge in [-0.15, -0.1) is 0 Å². The number of carbonyl (C=O) groups is 12. The Morgan fingerprint density at radius 1 is 0.289 bits per heavy atom. The average Bonchev–Trinajstić information content (AvgIpc) is 0.838. The van der Waals surface area contributed by atoms with E-state index in [1.54, 1.807) is 139 Å². The lowest BCUT2D eigenvalue weighted by atomic mass is 10.0. The summed E-state index contributed by atoms with van der Waals surface area (Å²) >= 11 is 0. The molecule has 0 unspecified atom stereocenters. The third-order valence-corrected chi connectivity index (χ3v) is 20.1. The first-order valence-electron chi connectivity index (χ1n) is 45.0. The van der Waals surface area contributed by atoms with E-state index in [2.05, 4.69) is 42.5 Å². The Bertz CT molecular complexity index is 6200. The van der Waals surface area contributed by atoms with Crippen molar-refractivity contribution in [2.24, 2.45) is 0 Å². The van der Waals surface area contributed by atoms with Crippen LogP contribution in [0.1, 0.15) is 140 Å². The van der Waals surface area contributed by atoms with Crippen LogP contribution >= 0.6 is 0 Å². The van der Waals surface area contributed by atoms with Crippen LogP contribution in [-0.4, -0.2) is 229 Å². The maximum Gasteiger partial charge on any atom is 0.408 e. The summed E-state index contributed by atoms with van der Waals surface area (Å²) in [5.74, 6) is -9.94. The molecule has 0 aliphatic rings. The highest BCUT2D eigenvalue weighted by atomic mass is 16.7. The van der Waals surface area contributed by atoms with Gasteiger partial charge in [0, 0.05) is 93.3 Å². The van der Waals surface area contributed by atoms with Crippen LogP contribution in [0.4, 0.5) is 53.3 Å². The largest absolute Gasteiger partial charge is 0.508 e. The predicted octanol–water partition coefficient (Wildman–Crippen LogP) is 10.4. The van der Waals surface area contributed by atoms with Crippen LogP contribution in [0.15, 0.2) is 164 Å². The van der Waals surface area contributed by atoms with E-state index in [0.717, 1.165) is 73.3 Å². The topological polar surface area (TPSA) is 766 Å². The molecule has 0 saturated heterocycles. The van der Waals surface area contributed by atoms with Crippen LogP contribution in [0.2, 0.25) is 0 Å². The first-order valence-corrected chi connectivity index (χ1v) is 45.0. The number of esters is 3. The minimum absolute atomic E-state index is 0.00396. The van der Waals surface area contributed by atoms with Crippen molar-refractivity contribution < 1.29 is 156 Å². The zero-order valence-corrected chi connectivity index (χ0v) is 83.5. The molecule has 15 N–H and O–H groups in total. The number of aryl methyl sites for hydroxylation is 1. The van der Waals surface area contributed by atoms with Crippen molar-refractivity contribution in [3.05, 3.63) is 275 Å². The van der Waals surface area contributed by atoms with Gasteiger partial charge in [0.1, 0.15) is 76.5 Å². The van der Waals surface area contributed by atoms with Gasteiger partial charge < -0.3 is 111 Å². The third kappa shape index (κ3) is 42.0. The molecule has 0 aromatic heterocycles. The van der Waals surface area contributed by atoms with Crippen molar-refractivity contribution in [1.82, 2.24) is 42.5 Å². The van der Waals surface area contributed by atoms with E-state index >= 15 is 0 Å². The Kier molecular flexibility index (Phi) is 44.8. The average molecular weight is 2090 g/mol. The second-order valence-electron chi connectivity index (χ2n) is 36.7. The van der Waals surface area contributed by atoms with E-state index in [4.69, 9.17) is 33.2 Å². The van der Waals surface area contributed by atoms with Crippen LogP contribution in [0, 0.1) is 67.6 Å². The number of alkyl carbamates (subject to hydrolysis) is 4. The maximum absolute atomic E-state index is 13.4. The maximum atomic E-state index is 13.4. The van der Waals surface area contributed by atoms with E-state index in [9.17, 15) is 154 Å². The molecule has 52 nitrogen and oxygen atoms in total. The molecule has 0 radical (unpaired) electrons. The number of phenols is 6. The molecule has 0 fully saturated rings. The van der Waals surface area contributed by atoms with Crippen LogP contribution < -0.4 is 42.5 Å². The summed E-state index contributed by atoms with van der Waals surface area (Å²) in [5, 5.41) is 154. The Balaban J connectivity index is 0.000000350. The number of aliphatic carboxylic acids is 1. The number of nitrogens with zero attached hydrogens (tertiary/aromatic N) is 6. The lowest BCUT2D eigenvalue weighted by Gasteiger charge is -2.25. The first kappa shape index (κ1) is 121. The molecule has 8 atom stereocenters. The zero-order valence-electron chi connectivity index (χ0n) is 83.5. The predicted molar refractivity (Wildman–Crippen MR) is 524 cm³/mol. The van der Waals surface area contributed by atoms with Crippen molar-refractivity contribution in [2.45, 2.75) is 219 Å². The molecule has 149 heavy (non-hydrogen) atoms. The second kappa shape index (κ2) is 55.0. The molecule has 0 aliphatic heterocycles. The number of hydrogen-bond donors (Lipinski definition) is 15. The highest BCUT2D eigenvalue weighted by molar-refractivity contribution is 5.93. The van der Waals surface area contributed by atoms with Crippen LogP contribution in [-0.2, 0) is 123 Å². The summed E-state index contributed by atoms with van der Waals surface area (Å²) in [6.07, 6.45) is -5.17. The van der Waals surface area contributed by atoms with Gasteiger partial charge in [-0.05, 0) is 184 Å². The number of aromatic hydroxyl groups is 6. The number of hydrogen-bond acceptors (Lipinski definition) is 37. The number of nitro groups is 6.